The van der Waals surface area contributed by atoms with Crippen LogP contribution in [0.5, 0.6) is 0 Å². The highest BCUT2D eigenvalue weighted by Gasteiger charge is 1.57. The minimum absolute atomic E-state index is 1.73. The van der Waals surface area contributed by atoms with Crippen LogP contribution in [-0.4, -0.2) is 0 Å². The Morgan fingerprint density at radius 1 is 0.778 bits per heavy atom. The lowest BCUT2D eigenvalue weighted by molar-refractivity contribution is 1.88. The number of allylic oxidation sites excluding steroid dienone is 7. The van der Waals surface area contributed by atoms with Crippen molar-refractivity contribution < 1.29 is 0 Å². The zero-order valence-electron chi connectivity index (χ0n) is 5.46. The molecule has 0 unspecified atom stereocenters. The summed E-state index contributed by atoms with van der Waals surface area (Å²) in [5, 5.41) is 0. The van der Waals surface area contributed by atoms with Gasteiger partial charge in [0.05, 0.1) is 0 Å². The average Bonchev–Trinajstić information content (AvgIpc) is 1.89. The van der Waals surface area contributed by atoms with Crippen LogP contribution < -0.4 is 0 Å². The van der Waals surface area contributed by atoms with E-state index in [1.807, 2.05) is 30.4 Å². The van der Waals surface area contributed by atoms with Gasteiger partial charge in [0.2, 0.25) is 0 Å². The molecule has 0 aromatic heterocycles. The molecule has 0 nitrogen and oxygen atoms in total. The Balaban J connectivity index is 3.46. The standard InChI is InChI=1S/C9H11/c1-3-5-7-9-8-6-4-2/h3-9H,1-2H2/b5-3+,8-6+,9-7+. The van der Waals surface area contributed by atoms with Gasteiger partial charge in [-0.05, 0) is 6.92 Å². The van der Waals surface area contributed by atoms with Crippen molar-refractivity contribution in [2.45, 2.75) is 0 Å². The topological polar surface area (TPSA) is 0 Å². The molecular formula is C9H11. The van der Waals surface area contributed by atoms with Gasteiger partial charge in [0.1, 0.15) is 0 Å². The van der Waals surface area contributed by atoms with Crippen molar-refractivity contribution in [2.75, 3.05) is 0 Å². The highest BCUT2D eigenvalue weighted by Crippen LogP contribution is 1.78. The lowest BCUT2D eigenvalue weighted by Gasteiger charge is -1.69. The largest absolute Gasteiger partial charge is 0.0991 e. The molecule has 9 heavy (non-hydrogen) atoms. The molecule has 0 saturated heterocycles. The normalized spacial score (nSPS) is 12.1. The predicted molar refractivity (Wildman–Crippen MR) is 43.0 cm³/mol. The third-order valence-corrected chi connectivity index (χ3v) is 0.717. The van der Waals surface area contributed by atoms with Crippen LogP contribution in [0.1, 0.15) is 0 Å². The lowest BCUT2D eigenvalue weighted by Crippen LogP contribution is -1.47. The predicted octanol–water partition coefficient (Wildman–Crippen LogP) is 2.68. The van der Waals surface area contributed by atoms with E-state index < -0.39 is 0 Å². The third-order valence-electron chi connectivity index (χ3n) is 0.717. The molecule has 0 heteroatoms. The lowest BCUT2D eigenvalue weighted by atomic mass is 10.4. The Morgan fingerprint density at radius 3 is 1.89 bits per heavy atom. The molecule has 0 spiro atoms. The van der Waals surface area contributed by atoms with E-state index >= 15 is 0 Å². The van der Waals surface area contributed by atoms with Gasteiger partial charge in [0.15, 0.2) is 0 Å². The summed E-state index contributed by atoms with van der Waals surface area (Å²) in [5.74, 6) is 0. The second-order valence-corrected chi connectivity index (χ2v) is 1.43. The third kappa shape index (κ3) is 6.96. The maximum Gasteiger partial charge on any atom is -0.0313 e. The maximum absolute atomic E-state index is 3.53. The molecule has 47 valence electrons. The van der Waals surface area contributed by atoms with Crippen molar-refractivity contribution in [1.82, 2.24) is 0 Å². The zero-order valence-corrected chi connectivity index (χ0v) is 5.46. The first-order chi connectivity index (χ1) is 4.41. The Hall–Kier alpha value is -1.04. The van der Waals surface area contributed by atoms with Gasteiger partial charge in [-0.2, -0.15) is 0 Å². The molecule has 0 rings (SSSR count). The summed E-state index contributed by atoms with van der Waals surface area (Å²) in [5.41, 5.74) is 0. The van der Waals surface area contributed by atoms with E-state index in [0.717, 1.165) is 0 Å². The van der Waals surface area contributed by atoms with Gasteiger partial charge >= 0.3 is 0 Å². The molecular weight excluding hydrogens is 108 g/mol. The summed E-state index contributed by atoms with van der Waals surface area (Å²) in [6, 6.07) is 0. The smallest absolute Gasteiger partial charge is 0.0313 e. The molecule has 0 atom stereocenters. The molecule has 0 aliphatic carbocycles. The number of rotatable bonds is 3. The van der Waals surface area contributed by atoms with Gasteiger partial charge in [-0.3, -0.25) is 0 Å². The fourth-order valence-electron chi connectivity index (χ4n) is 0.350. The first kappa shape index (κ1) is 7.96. The Labute approximate surface area is 56.9 Å². The fraction of sp³-hybridized carbons (Fsp3) is 0. The monoisotopic (exact) mass is 119 g/mol. The van der Waals surface area contributed by atoms with Crippen LogP contribution in [0, 0.1) is 6.92 Å². The molecule has 0 heterocycles. The van der Waals surface area contributed by atoms with E-state index in [-0.39, 0.29) is 0 Å². The van der Waals surface area contributed by atoms with Gasteiger partial charge in [-0.25, -0.2) is 0 Å². The first-order valence-corrected chi connectivity index (χ1v) is 2.82. The minimum atomic E-state index is 1.73. The Morgan fingerprint density at radius 2 is 1.33 bits per heavy atom. The minimum Gasteiger partial charge on any atom is -0.0991 e. The Bertz CT molecular complexity index is 136. The van der Waals surface area contributed by atoms with Crippen LogP contribution in [-0.2, 0) is 0 Å². The van der Waals surface area contributed by atoms with Crippen LogP contribution >= 0.6 is 0 Å². The average molecular weight is 119 g/mol. The van der Waals surface area contributed by atoms with Gasteiger partial charge < -0.3 is 0 Å². The van der Waals surface area contributed by atoms with Crippen LogP contribution in [0.3, 0.4) is 0 Å². The van der Waals surface area contributed by atoms with Crippen molar-refractivity contribution >= 4 is 0 Å². The van der Waals surface area contributed by atoms with Crippen molar-refractivity contribution in [3.05, 3.63) is 56.0 Å². The van der Waals surface area contributed by atoms with Crippen molar-refractivity contribution in [2.24, 2.45) is 0 Å². The molecule has 0 saturated carbocycles. The first-order valence-electron chi connectivity index (χ1n) is 2.82. The molecule has 0 amide bonds. The molecule has 0 bridgehead atoms. The van der Waals surface area contributed by atoms with E-state index in [4.69, 9.17) is 0 Å². The summed E-state index contributed by atoms with van der Waals surface area (Å²) in [6.07, 6.45) is 12.9. The number of hydrogen-bond donors (Lipinski definition) is 0. The van der Waals surface area contributed by atoms with E-state index in [1.165, 1.54) is 0 Å². The van der Waals surface area contributed by atoms with Gasteiger partial charge in [-0.15, -0.1) is 0 Å². The summed E-state index contributed by atoms with van der Waals surface area (Å²) >= 11 is 0. The molecule has 1 radical (unpaired) electrons. The molecule has 0 aromatic carbocycles. The zero-order chi connectivity index (χ0) is 6.95. The van der Waals surface area contributed by atoms with Gasteiger partial charge in [0.25, 0.3) is 0 Å². The molecule has 0 aromatic rings. The molecule has 0 fully saturated rings. The second kappa shape index (κ2) is 6.96. The molecule has 0 aliphatic rings. The maximum atomic E-state index is 3.53. The fourth-order valence-corrected chi connectivity index (χ4v) is 0.350. The quantitative estimate of drug-likeness (QED) is 0.501. The van der Waals surface area contributed by atoms with Crippen molar-refractivity contribution in [3.63, 3.8) is 0 Å². The van der Waals surface area contributed by atoms with E-state index in [9.17, 15) is 0 Å². The van der Waals surface area contributed by atoms with Gasteiger partial charge in [-0.1, -0.05) is 49.1 Å². The van der Waals surface area contributed by atoms with Crippen LogP contribution in [0.25, 0.3) is 0 Å². The number of hydrogen-bond acceptors (Lipinski definition) is 0. The SMILES string of the molecule is [CH2]/C=C/C=C/C=C/C=C. The van der Waals surface area contributed by atoms with E-state index in [0.29, 0.717) is 0 Å². The molecule has 0 aliphatic heterocycles. The van der Waals surface area contributed by atoms with Gasteiger partial charge in [0, 0.05) is 0 Å². The Kier molecular flexibility index (Phi) is 6.16. The summed E-state index contributed by atoms with van der Waals surface area (Å²) in [7, 11) is 0. The summed E-state index contributed by atoms with van der Waals surface area (Å²) < 4.78 is 0. The van der Waals surface area contributed by atoms with Crippen molar-refractivity contribution in [1.29, 1.82) is 0 Å². The van der Waals surface area contributed by atoms with E-state index in [2.05, 4.69) is 13.5 Å². The summed E-state index contributed by atoms with van der Waals surface area (Å²) in [6.45, 7) is 7.05. The highest BCUT2D eigenvalue weighted by atomic mass is 13.6. The molecule has 0 N–H and O–H groups in total. The van der Waals surface area contributed by atoms with E-state index in [1.54, 1.807) is 12.2 Å². The van der Waals surface area contributed by atoms with Crippen molar-refractivity contribution in [3.8, 4) is 0 Å². The van der Waals surface area contributed by atoms with Crippen LogP contribution in [0.2, 0.25) is 0 Å². The highest BCUT2D eigenvalue weighted by molar-refractivity contribution is 5.14. The summed E-state index contributed by atoms with van der Waals surface area (Å²) in [4.78, 5) is 0. The van der Waals surface area contributed by atoms with Crippen LogP contribution in [0.15, 0.2) is 49.1 Å². The second-order valence-electron chi connectivity index (χ2n) is 1.43. The van der Waals surface area contributed by atoms with Crippen LogP contribution in [0.4, 0.5) is 0 Å².